The molecule has 1 heterocycles. The van der Waals surface area contributed by atoms with Crippen LogP contribution in [-0.4, -0.2) is 50.1 Å². The number of fused-ring (bicyclic) bond motifs is 1. The second-order valence-electron chi connectivity index (χ2n) is 8.22. The maximum absolute atomic E-state index is 13.0. The standard InChI is InChI=1S/C22H22ClF3N4O3S/c1-27-21(31)20-17-11-16(13-3-4-13)19(29(34(2,32)33)10-9-22(24,25)26)12-18(17)28-30(20)15-7-5-14(23)6-8-15/h5-8,11-13H,3-4,9-10H2,1-2H3,(H,27,31). The molecule has 1 aliphatic rings. The molecule has 1 fully saturated rings. The number of carbonyl (C=O) groups is 1. The molecule has 2 aromatic carbocycles. The van der Waals surface area contributed by atoms with Crippen LogP contribution in [0.1, 0.15) is 41.2 Å². The minimum absolute atomic E-state index is 0.00837. The van der Waals surface area contributed by atoms with Crippen molar-refractivity contribution >= 4 is 44.1 Å². The lowest BCUT2D eigenvalue weighted by Crippen LogP contribution is -2.34. The Bertz CT molecular complexity index is 1350. The summed E-state index contributed by atoms with van der Waals surface area (Å²) in [5.74, 6) is -0.421. The van der Waals surface area contributed by atoms with Gasteiger partial charge in [-0.2, -0.15) is 18.3 Å². The zero-order chi connectivity index (χ0) is 24.8. The van der Waals surface area contributed by atoms with Gasteiger partial charge in [-0.15, -0.1) is 0 Å². The molecular weight excluding hydrogens is 493 g/mol. The summed E-state index contributed by atoms with van der Waals surface area (Å²) in [5.41, 5.74) is 1.81. The molecule has 1 saturated carbocycles. The van der Waals surface area contributed by atoms with Gasteiger partial charge in [-0.25, -0.2) is 13.1 Å². The highest BCUT2D eigenvalue weighted by Gasteiger charge is 2.35. The number of alkyl halides is 3. The minimum Gasteiger partial charge on any atom is -0.354 e. The van der Waals surface area contributed by atoms with Crippen LogP contribution in [0.3, 0.4) is 0 Å². The quantitative estimate of drug-likeness (QED) is 0.498. The zero-order valence-electron chi connectivity index (χ0n) is 18.4. The lowest BCUT2D eigenvalue weighted by Gasteiger charge is -2.25. The van der Waals surface area contributed by atoms with E-state index >= 15 is 0 Å². The Hall–Kier alpha value is -2.79. The molecule has 34 heavy (non-hydrogen) atoms. The number of hydrogen-bond acceptors (Lipinski definition) is 4. The first-order valence-corrected chi connectivity index (χ1v) is 12.7. The van der Waals surface area contributed by atoms with Gasteiger partial charge in [0.2, 0.25) is 10.0 Å². The summed E-state index contributed by atoms with van der Waals surface area (Å²) in [7, 11) is -2.54. The first-order valence-electron chi connectivity index (χ1n) is 10.5. The molecule has 7 nitrogen and oxygen atoms in total. The van der Waals surface area contributed by atoms with Crippen molar-refractivity contribution in [1.82, 2.24) is 15.1 Å². The Labute approximate surface area is 199 Å². The van der Waals surface area contributed by atoms with Gasteiger partial charge < -0.3 is 5.32 Å². The molecule has 0 unspecified atom stereocenters. The van der Waals surface area contributed by atoms with E-state index in [0.717, 1.165) is 23.4 Å². The summed E-state index contributed by atoms with van der Waals surface area (Å²) in [6.45, 7) is -0.742. The molecule has 4 rings (SSSR count). The van der Waals surface area contributed by atoms with Crippen LogP contribution in [0.2, 0.25) is 5.02 Å². The van der Waals surface area contributed by atoms with E-state index in [9.17, 15) is 26.4 Å². The first-order chi connectivity index (χ1) is 15.9. The van der Waals surface area contributed by atoms with Crippen molar-refractivity contribution in [3.05, 3.63) is 52.7 Å². The van der Waals surface area contributed by atoms with Crippen LogP contribution in [0.25, 0.3) is 16.6 Å². The van der Waals surface area contributed by atoms with Crippen LogP contribution < -0.4 is 9.62 Å². The lowest BCUT2D eigenvalue weighted by molar-refractivity contribution is -0.131. The summed E-state index contributed by atoms with van der Waals surface area (Å²) in [6, 6.07) is 9.77. The SMILES string of the molecule is CNC(=O)c1c2cc(C3CC3)c(N(CCC(F)(F)F)S(C)(=O)=O)cc2nn1-c1ccc(Cl)cc1. The van der Waals surface area contributed by atoms with Gasteiger partial charge in [0, 0.05) is 24.0 Å². The number of amides is 1. The molecule has 0 aliphatic heterocycles. The maximum Gasteiger partial charge on any atom is 0.390 e. The molecule has 0 saturated heterocycles. The number of hydrogen-bond donors (Lipinski definition) is 1. The Kier molecular flexibility index (Phi) is 6.28. The summed E-state index contributed by atoms with van der Waals surface area (Å²) in [4.78, 5) is 12.8. The normalized spacial score (nSPS) is 14.4. The Morgan fingerprint density at radius 3 is 2.41 bits per heavy atom. The monoisotopic (exact) mass is 514 g/mol. The second kappa shape index (κ2) is 8.77. The fourth-order valence-electron chi connectivity index (χ4n) is 3.87. The average molecular weight is 515 g/mol. The third-order valence-corrected chi connectivity index (χ3v) is 7.05. The molecule has 12 heteroatoms. The number of anilines is 1. The summed E-state index contributed by atoms with van der Waals surface area (Å²) < 4.78 is 66.1. The van der Waals surface area contributed by atoms with E-state index in [4.69, 9.17) is 11.6 Å². The molecule has 1 aromatic heterocycles. The van der Waals surface area contributed by atoms with Crippen molar-refractivity contribution in [3.63, 3.8) is 0 Å². The van der Waals surface area contributed by atoms with E-state index in [-0.39, 0.29) is 22.8 Å². The topological polar surface area (TPSA) is 84.3 Å². The van der Waals surface area contributed by atoms with Crippen molar-refractivity contribution in [1.29, 1.82) is 0 Å². The molecular formula is C22H22ClF3N4O3S. The van der Waals surface area contributed by atoms with E-state index in [2.05, 4.69) is 10.4 Å². The largest absolute Gasteiger partial charge is 0.390 e. The number of benzene rings is 2. The minimum atomic E-state index is -4.52. The van der Waals surface area contributed by atoms with Crippen LogP contribution in [0.15, 0.2) is 36.4 Å². The Morgan fingerprint density at radius 1 is 1.24 bits per heavy atom. The van der Waals surface area contributed by atoms with Gasteiger partial charge in [-0.05, 0) is 60.7 Å². The number of sulfonamides is 1. The highest BCUT2D eigenvalue weighted by Crippen LogP contribution is 2.47. The fraction of sp³-hybridized carbons (Fsp3) is 0.364. The maximum atomic E-state index is 13.0. The van der Waals surface area contributed by atoms with E-state index in [1.807, 2.05) is 0 Å². The van der Waals surface area contributed by atoms with Crippen LogP contribution in [-0.2, 0) is 10.0 Å². The highest BCUT2D eigenvalue weighted by atomic mass is 35.5. The number of nitrogens with one attached hydrogen (secondary N) is 1. The van der Waals surface area contributed by atoms with Crippen molar-refractivity contribution in [2.24, 2.45) is 0 Å². The van der Waals surface area contributed by atoms with Gasteiger partial charge >= 0.3 is 6.18 Å². The molecule has 3 aromatic rings. The van der Waals surface area contributed by atoms with Crippen molar-refractivity contribution in [2.75, 3.05) is 24.2 Å². The summed E-state index contributed by atoms with van der Waals surface area (Å²) >= 11 is 5.98. The van der Waals surface area contributed by atoms with Crippen LogP contribution >= 0.6 is 11.6 Å². The summed E-state index contributed by atoms with van der Waals surface area (Å²) in [5, 5.41) is 8.06. The molecule has 0 bridgehead atoms. The van der Waals surface area contributed by atoms with E-state index in [1.54, 1.807) is 30.3 Å². The molecule has 182 valence electrons. The Balaban J connectivity index is 1.94. The molecule has 1 N–H and O–H groups in total. The molecule has 0 radical (unpaired) electrons. The van der Waals surface area contributed by atoms with Crippen LogP contribution in [0.4, 0.5) is 18.9 Å². The van der Waals surface area contributed by atoms with Crippen molar-refractivity contribution in [2.45, 2.75) is 31.4 Å². The average Bonchev–Trinajstić information content (AvgIpc) is 3.52. The summed E-state index contributed by atoms with van der Waals surface area (Å²) in [6.07, 6.45) is -3.38. The van der Waals surface area contributed by atoms with Gasteiger partial charge in [0.25, 0.3) is 5.91 Å². The van der Waals surface area contributed by atoms with Crippen molar-refractivity contribution < 1.29 is 26.4 Å². The van der Waals surface area contributed by atoms with E-state index in [1.165, 1.54) is 17.8 Å². The number of carbonyl (C=O) groups excluding carboxylic acids is 1. The number of rotatable bonds is 7. The number of nitrogens with zero attached hydrogens (tertiary/aromatic N) is 3. The fourth-order valence-corrected chi connectivity index (χ4v) is 4.94. The highest BCUT2D eigenvalue weighted by molar-refractivity contribution is 7.92. The molecule has 1 aliphatic carbocycles. The van der Waals surface area contributed by atoms with Gasteiger partial charge in [0.1, 0.15) is 5.69 Å². The molecule has 0 spiro atoms. The smallest absolute Gasteiger partial charge is 0.354 e. The third-order valence-electron chi connectivity index (χ3n) is 5.62. The predicted molar refractivity (Wildman–Crippen MR) is 124 cm³/mol. The third kappa shape index (κ3) is 5.00. The Morgan fingerprint density at radius 2 is 1.88 bits per heavy atom. The molecule has 1 amide bonds. The van der Waals surface area contributed by atoms with Crippen LogP contribution in [0.5, 0.6) is 0 Å². The first kappa shape index (κ1) is 24.3. The molecule has 0 atom stereocenters. The van der Waals surface area contributed by atoms with E-state index < -0.39 is 35.1 Å². The number of halogens is 4. The number of aromatic nitrogens is 2. The lowest BCUT2D eigenvalue weighted by atomic mass is 10.0. The van der Waals surface area contributed by atoms with Gasteiger partial charge in [-0.3, -0.25) is 9.10 Å². The van der Waals surface area contributed by atoms with E-state index in [0.29, 0.717) is 21.7 Å². The van der Waals surface area contributed by atoms with Gasteiger partial charge in [0.15, 0.2) is 0 Å². The van der Waals surface area contributed by atoms with Crippen molar-refractivity contribution in [3.8, 4) is 5.69 Å². The zero-order valence-corrected chi connectivity index (χ0v) is 19.9. The second-order valence-corrected chi connectivity index (χ2v) is 10.6. The van der Waals surface area contributed by atoms with Crippen LogP contribution in [0, 0.1) is 0 Å². The predicted octanol–water partition coefficient (Wildman–Crippen LogP) is 4.63. The van der Waals surface area contributed by atoms with Gasteiger partial charge in [0.05, 0.1) is 29.6 Å². The van der Waals surface area contributed by atoms with Gasteiger partial charge in [-0.1, -0.05) is 11.6 Å².